The van der Waals surface area contributed by atoms with Crippen LogP contribution in [-0.4, -0.2) is 23.5 Å². The number of nitrogens with one attached hydrogen (secondary N) is 2. The van der Waals surface area contributed by atoms with Crippen molar-refractivity contribution in [2.75, 3.05) is 11.9 Å². The zero-order valence-electron chi connectivity index (χ0n) is 9.03. The summed E-state index contributed by atoms with van der Waals surface area (Å²) >= 11 is 0. The maximum atomic E-state index is 12.8. The lowest BCUT2D eigenvalue weighted by Crippen LogP contribution is -2.39. The largest absolute Gasteiger partial charge is 0.309 e. The molecule has 0 spiro atoms. The molecule has 2 heterocycles. The van der Waals surface area contributed by atoms with Gasteiger partial charge in [-0.3, -0.25) is 4.79 Å². The van der Waals surface area contributed by atoms with Crippen LogP contribution in [0.4, 0.5) is 10.2 Å². The van der Waals surface area contributed by atoms with Gasteiger partial charge in [-0.05, 0) is 31.0 Å². The topological polar surface area (TPSA) is 54.0 Å². The SMILES string of the molecule is CC1CCNC1C(=O)Nc1cccc(F)n1. The molecule has 0 aromatic carbocycles. The standard InChI is InChI=1S/C11H14FN3O/c1-7-5-6-13-10(7)11(16)15-9-4-2-3-8(12)14-9/h2-4,7,10,13H,5-6H2,1H3,(H,14,15,16). The molecular weight excluding hydrogens is 209 g/mol. The molecule has 1 aliphatic heterocycles. The lowest BCUT2D eigenvalue weighted by atomic mass is 10.0. The van der Waals surface area contributed by atoms with E-state index in [9.17, 15) is 9.18 Å². The minimum absolute atomic E-state index is 0.150. The van der Waals surface area contributed by atoms with Crippen LogP contribution in [0.3, 0.4) is 0 Å². The van der Waals surface area contributed by atoms with Gasteiger partial charge >= 0.3 is 0 Å². The van der Waals surface area contributed by atoms with E-state index >= 15 is 0 Å². The third-order valence-corrected chi connectivity index (χ3v) is 2.78. The number of anilines is 1. The molecule has 2 unspecified atom stereocenters. The summed E-state index contributed by atoms with van der Waals surface area (Å²) in [6, 6.07) is 4.13. The Bertz CT molecular complexity index is 397. The summed E-state index contributed by atoms with van der Waals surface area (Å²) in [5.74, 6) is -0.187. The number of rotatable bonds is 2. The Hall–Kier alpha value is -1.49. The molecule has 1 fully saturated rings. The van der Waals surface area contributed by atoms with E-state index < -0.39 is 5.95 Å². The average Bonchev–Trinajstić information content (AvgIpc) is 2.64. The quantitative estimate of drug-likeness (QED) is 0.740. The molecule has 86 valence electrons. The predicted octanol–water partition coefficient (Wildman–Crippen LogP) is 1.16. The summed E-state index contributed by atoms with van der Waals surface area (Å²) in [7, 11) is 0. The third kappa shape index (κ3) is 2.36. The Morgan fingerprint density at radius 1 is 1.62 bits per heavy atom. The zero-order valence-corrected chi connectivity index (χ0v) is 9.03. The second kappa shape index (κ2) is 4.57. The van der Waals surface area contributed by atoms with E-state index in [0.29, 0.717) is 5.92 Å². The minimum Gasteiger partial charge on any atom is -0.309 e. The van der Waals surface area contributed by atoms with Gasteiger partial charge in [0.1, 0.15) is 5.82 Å². The second-order valence-electron chi connectivity index (χ2n) is 4.03. The maximum absolute atomic E-state index is 12.8. The molecule has 1 saturated heterocycles. The summed E-state index contributed by atoms with van der Waals surface area (Å²) in [6.45, 7) is 2.86. The molecule has 16 heavy (non-hydrogen) atoms. The van der Waals surface area contributed by atoms with Gasteiger partial charge in [-0.25, -0.2) is 4.98 Å². The molecule has 2 atom stereocenters. The van der Waals surface area contributed by atoms with Crippen molar-refractivity contribution >= 4 is 11.7 Å². The molecular formula is C11H14FN3O. The third-order valence-electron chi connectivity index (χ3n) is 2.78. The molecule has 1 aromatic rings. The smallest absolute Gasteiger partial charge is 0.242 e. The van der Waals surface area contributed by atoms with Crippen molar-refractivity contribution < 1.29 is 9.18 Å². The number of carbonyl (C=O) groups is 1. The van der Waals surface area contributed by atoms with Gasteiger partial charge in [0.25, 0.3) is 0 Å². The highest BCUT2D eigenvalue weighted by molar-refractivity contribution is 5.94. The second-order valence-corrected chi connectivity index (χ2v) is 4.03. The fraction of sp³-hybridized carbons (Fsp3) is 0.455. The first-order chi connectivity index (χ1) is 7.66. The monoisotopic (exact) mass is 223 g/mol. The highest BCUT2D eigenvalue weighted by Crippen LogP contribution is 2.16. The number of hydrogen-bond acceptors (Lipinski definition) is 3. The number of nitrogens with zero attached hydrogens (tertiary/aromatic N) is 1. The van der Waals surface area contributed by atoms with Crippen LogP contribution in [0.15, 0.2) is 18.2 Å². The number of aromatic nitrogens is 1. The van der Waals surface area contributed by atoms with Crippen molar-refractivity contribution in [2.24, 2.45) is 5.92 Å². The molecule has 0 bridgehead atoms. The highest BCUT2D eigenvalue weighted by Gasteiger charge is 2.29. The van der Waals surface area contributed by atoms with Crippen LogP contribution in [0.2, 0.25) is 0 Å². The molecule has 2 rings (SSSR count). The molecule has 1 aromatic heterocycles. The van der Waals surface area contributed by atoms with E-state index in [-0.39, 0.29) is 17.8 Å². The van der Waals surface area contributed by atoms with Gasteiger partial charge in [0.15, 0.2) is 0 Å². The van der Waals surface area contributed by atoms with Crippen LogP contribution >= 0.6 is 0 Å². The average molecular weight is 223 g/mol. The highest BCUT2D eigenvalue weighted by atomic mass is 19.1. The van der Waals surface area contributed by atoms with Gasteiger partial charge in [-0.15, -0.1) is 0 Å². The van der Waals surface area contributed by atoms with Gasteiger partial charge < -0.3 is 10.6 Å². The van der Waals surface area contributed by atoms with Crippen molar-refractivity contribution in [3.8, 4) is 0 Å². The van der Waals surface area contributed by atoms with Crippen LogP contribution < -0.4 is 10.6 Å². The molecule has 5 heteroatoms. The van der Waals surface area contributed by atoms with Gasteiger partial charge in [-0.1, -0.05) is 13.0 Å². The van der Waals surface area contributed by atoms with Crippen LogP contribution in [0, 0.1) is 11.9 Å². The molecule has 1 aliphatic rings. The van der Waals surface area contributed by atoms with Crippen molar-refractivity contribution in [2.45, 2.75) is 19.4 Å². The molecule has 4 nitrogen and oxygen atoms in total. The van der Waals surface area contributed by atoms with Crippen molar-refractivity contribution in [1.29, 1.82) is 0 Å². The lowest BCUT2D eigenvalue weighted by Gasteiger charge is -2.14. The molecule has 2 N–H and O–H groups in total. The van der Waals surface area contributed by atoms with Crippen molar-refractivity contribution in [3.05, 3.63) is 24.1 Å². The molecule has 0 radical (unpaired) electrons. The van der Waals surface area contributed by atoms with E-state index in [1.54, 1.807) is 6.07 Å². The van der Waals surface area contributed by atoms with E-state index in [2.05, 4.69) is 15.6 Å². The Kier molecular flexibility index (Phi) is 3.14. The first-order valence-electron chi connectivity index (χ1n) is 5.33. The van der Waals surface area contributed by atoms with E-state index in [0.717, 1.165) is 13.0 Å². The first-order valence-corrected chi connectivity index (χ1v) is 5.33. The number of amides is 1. The Morgan fingerprint density at radius 2 is 2.44 bits per heavy atom. The van der Waals surface area contributed by atoms with Crippen molar-refractivity contribution in [3.63, 3.8) is 0 Å². The fourth-order valence-electron chi connectivity index (χ4n) is 1.87. The maximum Gasteiger partial charge on any atom is 0.242 e. The van der Waals surface area contributed by atoms with Gasteiger partial charge in [0.05, 0.1) is 6.04 Å². The lowest BCUT2D eigenvalue weighted by molar-refractivity contribution is -0.118. The summed E-state index contributed by atoms with van der Waals surface area (Å²) in [5, 5.41) is 5.71. The van der Waals surface area contributed by atoms with E-state index in [4.69, 9.17) is 0 Å². The summed E-state index contributed by atoms with van der Waals surface area (Å²) in [4.78, 5) is 15.4. The van der Waals surface area contributed by atoms with Gasteiger partial charge in [-0.2, -0.15) is 4.39 Å². The van der Waals surface area contributed by atoms with Crippen LogP contribution in [0.1, 0.15) is 13.3 Å². The molecule has 0 aliphatic carbocycles. The number of halogens is 1. The van der Waals surface area contributed by atoms with Gasteiger partial charge in [0, 0.05) is 0 Å². The van der Waals surface area contributed by atoms with Crippen LogP contribution in [-0.2, 0) is 4.79 Å². The molecule has 1 amide bonds. The number of hydrogen-bond donors (Lipinski definition) is 2. The Balaban J connectivity index is 2.02. The molecule has 0 saturated carbocycles. The zero-order chi connectivity index (χ0) is 11.5. The number of carbonyl (C=O) groups excluding carboxylic acids is 1. The van der Waals surface area contributed by atoms with Crippen molar-refractivity contribution in [1.82, 2.24) is 10.3 Å². The minimum atomic E-state index is -0.592. The predicted molar refractivity (Wildman–Crippen MR) is 58.4 cm³/mol. The van der Waals surface area contributed by atoms with Gasteiger partial charge in [0.2, 0.25) is 11.9 Å². The Labute approximate surface area is 93.3 Å². The summed E-state index contributed by atoms with van der Waals surface area (Å²) in [5.41, 5.74) is 0. The number of pyridine rings is 1. The van der Waals surface area contributed by atoms with Crippen LogP contribution in [0.5, 0.6) is 0 Å². The van der Waals surface area contributed by atoms with Crippen LogP contribution in [0.25, 0.3) is 0 Å². The summed E-state index contributed by atoms with van der Waals surface area (Å²) in [6.07, 6.45) is 0.981. The Morgan fingerprint density at radius 3 is 3.06 bits per heavy atom. The first kappa shape index (κ1) is 11.0. The van der Waals surface area contributed by atoms with E-state index in [1.165, 1.54) is 12.1 Å². The normalized spacial score (nSPS) is 24.4. The fourth-order valence-corrected chi connectivity index (χ4v) is 1.87. The summed E-state index contributed by atoms with van der Waals surface area (Å²) < 4.78 is 12.8. The van der Waals surface area contributed by atoms with E-state index in [1.807, 2.05) is 6.92 Å².